The van der Waals surface area contributed by atoms with Gasteiger partial charge in [0.2, 0.25) is 0 Å². The minimum atomic E-state index is -0.0544. The van der Waals surface area contributed by atoms with Crippen molar-refractivity contribution in [3.8, 4) is 0 Å². The molecule has 0 fully saturated rings. The van der Waals surface area contributed by atoms with Crippen molar-refractivity contribution in [2.24, 2.45) is 10.9 Å². The fraction of sp³-hybridized carbons (Fsp3) is 0.429. The number of rotatable bonds is 6. The van der Waals surface area contributed by atoms with Gasteiger partial charge < -0.3 is 16.3 Å². The Labute approximate surface area is 113 Å². The lowest BCUT2D eigenvalue weighted by Crippen LogP contribution is -2.25. The smallest absolute Gasteiger partial charge is 0.251 e. The number of amides is 1. The third kappa shape index (κ3) is 4.99. The highest BCUT2D eigenvalue weighted by atomic mass is 16.4. The van der Waals surface area contributed by atoms with Gasteiger partial charge in [0.15, 0.2) is 0 Å². The van der Waals surface area contributed by atoms with E-state index in [1.54, 1.807) is 0 Å². The van der Waals surface area contributed by atoms with Crippen molar-refractivity contribution >= 4 is 11.7 Å². The Morgan fingerprint density at radius 3 is 2.74 bits per heavy atom. The molecule has 0 radical (unpaired) electrons. The van der Waals surface area contributed by atoms with E-state index in [-0.39, 0.29) is 11.7 Å². The average molecular weight is 263 g/mol. The van der Waals surface area contributed by atoms with Crippen molar-refractivity contribution in [2.75, 3.05) is 6.54 Å². The zero-order valence-electron chi connectivity index (χ0n) is 11.4. The normalized spacial score (nSPS) is 11.4. The van der Waals surface area contributed by atoms with E-state index < -0.39 is 0 Å². The second kappa shape index (κ2) is 7.41. The van der Waals surface area contributed by atoms with Crippen LogP contribution in [-0.4, -0.2) is 23.5 Å². The van der Waals surface area contributed by atoms with Gasteiger partial charge in [-0.2, -0.15) is 0 Å². The van der Waals surface area contributed by atoms with Crippen LogP contribution >= 0.6 is 0 Å². The van der Waals surface area contributed by atoms with Gasteiger partial charge in [-0.3, -0.25) is 4.79 Å². The molecule has 1 amide bonds. The summed E-state index contributed by atoms with van der Waals surface area (Å²) >= 11 is 0. The number of carbonyl (C=O) groups is 1. The van der Waals surface area contributed by atoms with Crippen molar-refractivity contribution in [1.82, 2.24) is 5.32 Å². The highest BCUT2D eigenvalue weighted by Gasteiger charge is 2.07. The first-order chi connectivity index (χ1) is 9.04. The average Bonchev–Trinajstić information content (AvgIpc) is 2.37. The fourth-order valence-electron chi connectivity index (χ4n) is 1.85. The topological polar surface area (TPSA) is 87.7 Å². The number of benzene rings is 1. The third-order valence-corrected chi connectivity index (χ3v) is 2.90. The molecule has 4 N–H and O–H groups in total. The van der Waals surface area contributed by atoms with E-state index in [4.69, 9.17) is 10.9 Å². The van der Waals surface area contributed by atoms with Crippen molar-refractivity contribution in [3.05, 3.63) is 34.9 Å². The number of unbranched alkanes of at least 4 members (excludes halogenated alkanes) is 1. The zero-order valence-corrected chi connectivity index (χ0v) is 11.4. The number of nitrogens with zero attached hydrogens (tertiary/aromatic N) is 1. The Morgan fingerprint density at radius 2 is 2.11 bits per heavy atom. The summed E-state index contributed by atoms with van der Waals surface area (Å²) in [5.74, 6) is 0.169. The van der Waals surface area contributed by atoms with Crippen molar-refractivity contribution in [3.63, 3.8) is 0 Å². The van der Waals surface area contributed by atoms with E-state index in [9.17, 15) is 4.79 Å². The molecule has 19 heavy (non-hydrogen) atoms. The fourth-order valence-corrected chi connectivity index (χ4v) is 1.85. The maximum absolute atomic E-state index is 11.9. The molecule has 1 aromatic carbocycles. The monoisotopic (exact) mass is 263 g/mol. The number of hydrogen-bond acceptors (Lipinski definition) is 3. The molecule has 0 saturated carbocycles. The number of amidine groups is 1. The van der Waals surface area contributed by atoms with Crippen LogP contribution < -0.4 is 11.1 Å². The van der Waals surface area contributed by atoms with Crippen molar-refractivity contribution in [1.29, 1.82) is 0 Å². The molecule has 0 unspecified atom stereocenters. The van der Waals surface area contributed by atoms with Crippen LogP contribution in [-0.2, 0) is 0 Å². The van der Waals surface area contributed by atoms with Crippen LogP contribution in [0.25, 0.3) is 0 Å². The molecule has 1 aromatic rings. The Hall–Kier alpha value is -2.04. The van der Waals surface area contributed by atoms with Crippen molar-refractivity contribution < 1.29 is 10.0 Å². The number of hydrogen-bond donors (Lipinski definition) is 3. The molecule has 0 aliphatic carbocycles. The van der Waals surface area contributed by atoms with E-state index in [1.165, 1.54) is 0 Å². The Morgan fingerprint density at radius 1 is 1.37 bits per heavy atom. The highest BCUT2D eigenvalue weighted by Crippen LogP contribution is 2.10. The van der Waals surface area contributed by atoms with Crippen LogP contribution in [0.1, 0.15) is 40.7 Å². The minimum Gasteiger partial charge on any atom is -0.409 e. The third-order valence-electron chi connectivity index (χ3n) is 2.90. The molecule has 1 rings (SSSR count). The maximum Gasteiger partial charge on any atom is 0.251 e. The molecule has 0 aliphatic heterocycles. The van der Waals surface area contributed by atoms with E-state index in [1.807, 2.05) is 32.0 Å². The summed E-state index contributed by atoms with van der Waals surface area (Å²) in [6, 6.07) is 5.77. The van der Waals surface area contributed by atoms with E-state index in [0.717, 1.165) is 24.0 Å². The summed E-state index contributed by atoms with van der Waals surface area (Å²) < 4.78 is 0. The van der Waals surface area contributed by atoms with E-state index >= 15 is 0 Å². The van der Waals surface area contributed by atoms with Gasteiger partial charge in [0.05, 0.1) is 0 Å². The standard InChI is InChI=1S/C14H21N3O2/c1-10-6-7-12(11(2)9-10)14(18)16-8-4-3-5-13(15)17-19/h6-7,9,19H,3-5,8H2,1-2H3,(H2,15,17)(H,16,18). The molecule has 0 atom stereocenters. The predicted octanol–water partition coefficient (Wildman–Crippen LogP) is 1.95. The summed E-state index contributed by atoms with van der Waals surface area (Å²) in [5.41, 5.74) is 8.19. The van der Waals surface area contributed by atoms with Crippen LogP contribution in [0, 0.1) is 13.8 Å². The van der Waals surface area contributed by atoms with Gasteiger partial charge >= 0.3 is 0 Å². The first kappa shape index (κ1) is 15.0. The molecule has 0 heterocycles. The van der Waals surface area contributed by atoms with Crippen LogP contribution in [0.4, 0.5) is 0 Å². The lowest BCUT2D eigenvalue weighted by Gasteiger charge is -2.08. The molecule has 0 spiro atoms. The Kier molecular flexibility index (Phi) is 5.85. The highest BCUT2D eigenvalue weighted by molar-refractivity contribution is 5.95. The molecule has 0 aliphatic rings. The van der Waals surface area contributed by atoms with Gasteiger partial charge in [-0.05, 0) is 38.3 Å². The lowest BCUT2D eigenvalue weighted by molar-refractivity contribution is 0.0952. The number of nitrogens with two attached hydrogens (primary N) is 1. The maximum atomic E-state index is 11.9. The molecule has 5 nitrogen and oxygen atoms in total. The second-order valence-corrected chi connectivity index (χ2v) is 4.62. The van der Waals surface area contributed by atoms with Crippen molar-refractivity contribution in [2.45, 2.75) is 33.1 Å². The SMILES string of the molecule is Cc1ccc(C(=O)NCCCCC(N)=NO)c(C)c1. The molecule has 104 valence electrons. The van der Waals surface area contributed by atoms with Crippen LogP contribution in [0.5, 0.6) is 0 Å². The molecule has 0 bridgehead atoms. The summed E-state index contributed by atoms with van der Waals surface area (Å²) in [4.78, 5) is 11.9. The molecule has 0 aromatic heterocycles. The largest absolute Gasteiger partial charge is 0.409 e. The second-order valence-electron chi connectivity index (χ2n) is 4.62. The first-order valence-electron chi connectivity index (χ1n) is 6.36. The van der Waals surface area contributed by atoms with Gasteiger partial charge in [0.25, 0.3) is 5.91 Å². The summed E-state index contributed by atoms with van der Waals surface area (Å²) in [6.07, 6.45) is 2.12. The van der Waals surface area contributed by atoms with Gasteiger partial charge in [0, 0.05) is 18.5 Å². The number of oxime groups is 1. The molecular formula is C14H21N3O2. The van der Waals surface area contributed by atoms with Gasteiger partial charge in [-0.1, -0.05) is 22.9 Å². The predicted molar refractivity (Wildman–Crippen MR) is 75.5 cm³/mol. The molecule has 0 saturated heterocycles. The molecule has 5 heteroatoms. The number of nitrogens with one attached hydrogen (secondary N) is 1. The van der Waals surface area contributed by atoms with Crippen LogP contribution in [0.3, 0.4) is 0 Å². The summed E-state index contributed by atoms with van der Waals surface area (Å²) in [6.45, 7) is 4.52. The van der Waals surface area contributed by atoms with Gasteiger partial charge in [-0.15, -0.1) is 0 Å². The van der Waals surface area contributed by atoms with Crippen LogP contribution in [0.15, 0.2) is 23.4 Å². The Balaban J connectivity index is 2.35. The number of aryl methyl sites for hydroxylation is 2. The first-order valence-corrected chi connectivity index (χ1v) is 6.36. The van der Waals surface area contributed by atoms with E-state index in [0.29, 0.717) is 18.5 Å². The van der Waals surface area contributed by atoms with Crippen LogP contribution in [0.2, 0.25) is 0 Å². The minimum absolute atomic E-state index is 0.0544. The lowest BCUT2D eigenvalue weighted by atomic mass is 10.1. The summed E-state index contributed by atoms with van der Waals surface area (Å²) in [7, 11) is 0. The van der Waals surface area contributed by atoms with E-state index in [2.05, 4.69) is 10.5 Å². The number of carbonyl (C=O) groups excluding carboxylic acids is 1. The van der Waals surface area contributed by atoms with Gasteiger partial charge in [0.1, 0.15) is 5.84 Å². The van der Waals surface area contributed by atoms with Gasteiger partial charge in [-0.25, -0.2) is 0 Å². The zero-order chi connectivity index (χ0) is 14.3. The summed E-state index contributed by atoms with van der Waals surface area (Å²) in [5, 5.41) is 14.1. The quantitative estimate of drug-likeness (QED) is 0.241. The Bertz CT molecular complexity index is 470. The molecular weight excluding hydrogens is 242 g/mol.